The summed E-state index contributed by atoms with van der Waals surface area (Å²) in [6.45, 7) is 5.84. The van der Waals surface area contributed by atoms with Crippen molar-refractivity contribution in [2.24, 2.45) is 27.8 Å². The van der Waals surface area contributed by atoms with Crippen LogP contribution >= 0.6 is 11.3 Å². The Hall–Kier alpha value is -2.85. The molecule has 1 aliphatic heterocycles. The molecule has 1 saturated heterocycles. The normalized spacial score (nSPS) is 24.2. The minimum Gasteiger partial charge on any atom is -0.379 e. The van der Waals surface area contributed by atoms with E-state index in [0.717, 1.165) is 22.5 Å². The fourth-order valence-corrected chi connectivity index (χ4v) is 7.74. The molecule has 0 spiro atoms. The molecule has 1 aromatic heterocycles. The van der Waals surface area contributed by atoms with Crippen LogP contribution in [0, 0.1) is 31.6 Å². The second-order valence-corrected chi connectivity index (χ2v) is 13.1. The highest BCUT2D eigenvalue weighted by Gasteiger charge is 2.34. The van der Waals surface area contributed by atoms with Gasteiger partial charge in [-0.05, 0) is 80.0 Å². The van der Waals surface area contributed by atoms with Gasteiger partial charge in [0, 0.05) is 36.2 Å². The first kappa shape index (κ1) is 25.4. The quantitative estimate of drug-likeness (QED) is 0.316. The lowest BCUT2D eigenvalue weighted by molar-refractivity contribution is 0.0730. The number of hydrogen-bond donors (Lipinski definition) is 0. The molecule has 3 unspecified atom stereocenters. The number of benzene rings is 2. The second kappa shape index (κ2) is 10.4. The van der Waals surface area contributed by atoms with Crippen LogP contribution < -0.4 is 4.80 Å². The Morgan fingerprint density at radius 1 is 1.00 bits per heavy atom. The molecule has 0 radical (unpaired) electrons. The molecule has 2 aromatic carbocycles. The molecule has 3 aliphatic rings. The zero-order valence-electron chi connectivity index (χ0n) is 21.7. The maximum atomic E-state index is 13.0. The van der Waals surface area contributed by atoms with Crippen LogP contribution in [0.4, 0.5) is 5.69 Å². The van der Waals surface area contributed by atoms with Crippen molar-refractivity contribution in [3.63, 3.8) is 0 Å². The smallest absolute Gasteiger partial charge is 0.243 e. The Kier molecular flexibility index (Phi) is 6.94. The summed E-state index contributed by atoms with van der Waals surface area (Å²) in [5.74, 6) is 1.71. The number of morpholine rings is 1. The summed E-state index contributed by atoms with van der Waals surface area (Å²) in [6.07, 6.45) is 9.16. The van der Waals surface area contributed by atoms with Crippen molar-refractivity contribution in [1.82, 2.24) is 8.98 Å². The predicted octanol–water partition coefficient (Wildman–Crippen LogP) is 5.13. The van der Waals surface area contributed by atoms with Gasteiger partial charge in [0.15, 0.2) is 0 Å². The van der Waals surface area contributed by atoms with Gasteiger partial charge in [-0.15, -0.1) is 11.3 Å². The molecule has 0 N–H and O–H groups in total. The molecule has 2 aliphatic carbocycles. The van der Waals surface area contributed by atoms with Gasteiger partial charge >= 0.3 is 0 Å². The van der Waals surface area contributed by atoms with Crippen LogP contribution in [0.5, 0.6) is 0 Å². The number of fused-ring (bicyclic) bond motifs is 2. The van der Waals surface area contributed by atoms with Crippen LogP contribution in [0.3, 0.4) is 0 Å². The lowest BCUT2D eigenvalue weighted by atomic mass is 9.95. The fraction of sp³-hybridized carbons (Fsp3) is 0.379. The highest BCUT2D eigenvalue weighted by molar-refractivity contribution is 7.89. The molecular weight excluding hydrogens is 516 g/mol. The van der Waals surface area contributed by atoms with Gasteiger partial charge in [-0.1, -0.05) is 24.3 Å². The standard InChI is InChI=1S/C29H32N4O3S2/c1-20-3-5-24(15-21(20)2)28-19-37-29(33(28)30-18-25-17-22-4-6-23(25)16-22)31-26-7-9-27(10-8-26)38(34,35)32-11-13-36-14-12-32/h3-10,15,18-19,22-23,25H,11-14,16-17H2,1-2H3. The monoisotopic (exact) mass is 548 g/mol. The van der Waals surface area contributed by atoms with Crippen LogP contribution in [0.1, 0.15) is 24.0 Å². The molecule has 3 atom stereocenters. The summed E-state index contributed by atoms with van der Waals surface area (Å²) in [6, 6.07) is 13.3. The summed E-state index contributed by atoms with van der Waals surface area (Å²) < 4.78 is 34.7. The summed E-state index contributed by atoms with van der Waals surface area (Å²) >= 11 is 1.53. The second-order valence-electron chi connectivity index (χ2n) is 10.3. The molecule has 0 amide bonds. The van der Waals surface area contributed by atoms with Crippen molar-refractivity contribution in [3.8, 4) is 11.3 Å². The van der Waals surface area contributed by atoms with E-state index in [2.05, 4.69) is 55.8 Å². The predicted molar refractivity (Wildman–Crippen MR) is 151 cm³/mol. The lowest BCUT2D eigenvalue weighted by Gasteiger charge is -2.26. The van der Waals surface area contributed by atoms with Crippen LogP contribution in [-0.4, -0.2) is 49.9 Å². The van der Waals surface area contributed by atoms with E-state index in [-0.39, 0.29) is 4.90 Å². The summed E-state index contributed by atoms with van der Waals surface area (Å²) in [7, 11) is -3.54. The Morgan fingerprint density at radius 3 is 2.47 bits per heavy atom. The largest absolute Gasteiger partial charge is 0.379 e. The van der Waals surface area contributed by atoms with Crippen molar-refractivity contribution in [3.05, 3.63) is 75.9 Å². The molecule has 7 nitrogen and oxygen atoms in total. The highest BCUT2D eigenvalue weighted by atomic mass is 32.2. The molecule has 2 heterocycles. The van der Waals surface area contributed by atoms with Gasteiger partial charge in [0.2, 0.25) is 14.8 Å². The third-order valence-electron chi connectivity index (χ3n) is 7.86. The highest BCUT2D eigenvalue weighted by Crippen LogP contribution is 2.42. The lowest BCUT2D eigenvalue weighted by Crippen LogP contribution is -2.40. The van der Waals surface area contributed by atoms with E-state index in [4.69, 9.17) is 14.8 Å². The average Bonchev–Trinajstić information content (AvgIpc) is 3.66. The van der Waals surface area contributed by atoms with Crippen molar-refractivity contribution < 1.29 is 13.2 Å². The van der Waals surface area contributed by atoms with Gasteiger partial charge in [-0.2, -0.15) is 9.41 Å². The number of rotatable bonds is 6. The van der Waals surface area contributed by atoms with Crippen LogP contribution in [0.25, 0.3) is 11.3 Å². The first-order chi connectivity index (χ1) is 18.4. The van der Waals surface area contributed by atoms with Gasteiger partial charge in [0.05, 0.1) is 29.5 Å². The van der Waals surface area contributed by atoms with Crippen molar-refractivity contribution in [2.45, 2.75) is 31.6 Å². The van der Waals surface area contributed by atoms with E-state index in [9.17, 15) is 8.42 Å². The third-order valence-corrected chi connectivity index (χ3v) is 10.6. The van der Waals surface area contributed by atoms with E-state index < -0.39 is 10.0 Å². The molecule has 198 valence electrons. The number of hydrogen-bond acceptors (Lipinski definition) is 6. The molecule has 6 rings (SSSR count). The topological polar surface area (TPSA) is 76.3 Å². The summed E-state index contributed by atoms with van der Waals surface area (Å²) in [5, 5.41) is 7.07. The number of aryl methyl sites for hydroxylation is 2. The van der Waals surface area contributed by atoms with Crippen molar-refractivity contribution in [1.29, 1.82) is 0 Å². The first-order valence-corrected chi connectivity index (χ1v) is 15.4. The van der Waals surface area contributed by atoms with Crippen LogP contribution in [0.15, 0.2) is 75.0 Å². The molecule has 1 saturated carbocycles. The average molecular weight is 549 g/mol. The summed E-state index contributed by atoms with van der Waals surface area (Å²) in [4.78, 5) is 5.90. The van der Waals surface area contributed by atoms with Gasteiger partial charge in [-0.3, -0.25) is 0 Å². The number of ether oxygens (including phenoxy) is 1. The van der Waals surface area contributed by atoms with Gasteiger partial charge < -0.3 is 4.74 Å². The van der Waals surface area contributed by atoms with Crippen molar-refractivity contribution in [2.75, 3.05) is 26.3 Å². The minimum atomic E-state index is -3.54. The molecule has 2 bridgehead atoms. The zero-order valence-corrected chi connectivity index (χ0v) is 23.3. The van der Waals surface area contributed by atoms with Gasteiger partial charge in [0.1, 0.15) is 0 Å². The van der Waals surface area contributed by atoms with E-state index in [1.807, 2.05) is 4.68 Å². The maximum absolute atomic E-state index is 13.0. The molecule has 9 heteroatoms. The number of nitrogens with zero attached hydrogens (tertiary/aromatic N) is 4. The van der Waals surface area contributed by atoms with E-state index in [0.29, 0.717) is 49.7 Å². The zero-order chi connectivity index (χ0) is 26.3. The van der Waals surface area contributed by atoms with Crippen molar-refractivity contribution >= 4 is 33.3 Å². The third kappa shape index (κ3) is 4.96. The van der Waals surface area contributed by atoms with Gasteiger partial charge in [-0.25, -0.2) is 18.1 Å². The van der Waals surface area contributed by atoms with E-state index in [1.54, 1.807) is 24.3 Å². The minimum absolute atomic E-state index is 0.274. The molecule has 38 heavy (non-hydrogen) atoms. The molecule has 2 fully saturated rings. The van der Waals surface area contributed by atoms with E-state index in [1.165, 1.54) is 33.2 Å². The Labute approximate surface area is 227 Å². The Morgan fingerprint density at radius 2 is 1.79 bits per heavy atom. The Balaban J connectivity index is 1.35. The number of sulfonamides is 1. The molecule has 3 aromatic rings. The number of thiazole rings is 1. The fourth-order valence-electron chi connectivity index (χ4n) is 5.47. The number of allylic oxidation sites excluding steroid dienone is 2. The summed E-state index contributed by atoms with van der Waals surface area (Å²) in [5.41, 5.74) is 5.27. The Bertz CT molecular complexity index is 1560. The van der Waals surface area contributed by atoms with Crippen LogP contribution in [0.2, 0.25) is 0 Å². The van der Waals surface area contributed by atoms with Crippen LogP contribution in [-0.2, 0) is 14.8 Å². The maximum Gasteiger partial charge on any atom is 0.243 e. The van der Waals surface area contributed by atoms with Gasteiger partial charge in [0.25, 0.3) is 0 Å². The SMILES string of the molecule is Cc1ccc(-c2csc(=Nc3ccc(S(=O)(=O)N4CCOCC4)cc3)n2N=CC2CC3C=CC2C3)cc1C. The first-order valence-electron chi connectivity index (χ1n) is 13.1. The number of aromatic nitrogens is 1. The molecular formula is C29H32N4O3S2. The van der Waals surface area contributed by atoms with E-state index >= 15 is 0 Å².